The minimum atomic E-state index is -0.620. The van der Waals surface area contributed by atoms with Crippen molar-refractivity contribution in [2.75, 3.05) is 20.7 Å². The Morgan fingerprint density at radius 2 is 1.84 bits per heavy atom. The number of nitrogens with zero attached hydrogens (tertiary/aromatic N) is 3. The fourth-order valence-corrected chi connectivity index (χ4v) is 5.69. The molecule has 10 heteroatoms. The maximum Gasteiger partial charge on any atom is 0.359 e. The Balaban J connectivity index is 1.93. The predicted octanol–water partition coefficient (Wildman–Crippen LogP) is 4.76. The summed E-state index contributed by atoms with van der Waals surface area (Å²) in [6.07, 6.45) is 0.0513. The van der Waals surface area contributed by atoms with Crippen LogP contribution < -0.4 is 0 Å². The van der Waals surface area contributed by atoms with Gasteiger partial charge in [-0.1, -0.05) is 47.3 Å². The number of hydrogen-bond acceptors (Lipinski definition) is 7. The van der Waals surface area contributed by atoms with Crippen LogP contribution in [0.15, 0.2) is 44.9 Å². The number of aromatic nitrogens is 2. The van der Waals surface area contributed by atoms with E-state index in [9.17, 15) is 14.4 Å². The highest BCUT2D eigenvalue weighted by Gasteiger charge is 2.44. The molecule has 0 fully saturated rings. The normalized spacial score (nSPS) is 17.1. The van der Waals surface area contributed by atoms with Gasteiger partial charge in [-0.25, -0.2) is 4.79 Å². The zero-order valence-electron chi connectivity index (χ0n) is 17.6. The Hall–Kier alpha value is -2.49. The van der Waals surface area contributed by atoms with Crippen LogP contribution in [0.25, 0.3) is 11.1 Å². The quantitative estimate of drug-likeness (QED) is 0.442. The summed E-state index contributed by atoms with van der Waals surface area (Å²) in [5.41, 5.74) is 1.87. The molecule has 0 radical (unpaired) electrons. The van der Waals surface area contributed by atoms with Crippen molar-refractivity contribution in [2.45, 2.75) is 19.4 Å². The largest absolute Gasteiger partial charge is 0.461 e. The minimum Gasteiger partial charge on any atom is -0.461 e. The van der Waals surface area contributed by atoms with Gasteiger partial charge in [-0.3, -0.25) is 14.3 Å². The zero-order valence-corrected chi connectivity index (χ0v) is 20.0. The van der Waals surface area contributed by atoms with E-state index in [4.69, 9.17) is 16.3 Å². The Morgan fingerprint density at radius 1 is 1.19 bits per heavy atom. The lowest BCUT2D eigenvalue weighted by atomic mass is 9.98. The first-order chi connectivity index (χ1) is 15.3. The van der Waals surface area contributed by atoms with E-state index >= 15 is 0 Å². The predicted molar refractivity (Wildman–Crippen MR) is 127 cm³/mol. The molecule has 1 amide bonds. The van der Waals surface area contributed by atoms with Gasteiger partial charge in [-0.05, 0) is 35.4 Å². The number of thioether (sulfide) groups is 2. The molecule has 32 heavy (non-hydrogen) atoms. The highest BCUT2D eigenvalue weighted by atomic mass is 35.5. The van der Waals surface area contributed by atoms with Crippen LogP contribution in [0.5, 0.6) is 0 Å². The van der Waals surface area contributed by atoms with E-state index in [0.29, 0.717) is 21.7 Å². The lowest BCUT2D eigenvalue weighted by Gasteiger charge is -2.17. The number of benzene rings is 1. The van der Waals surface area contributed by atoms with E-state index in [1.165, 1.54) is 33.1 Å². The number of carbonyl (C=O) groups is 3. The fourth-order valence-electron chi connectivity index (χ4n) is 3.61. The first-order valence-corrected chi connectivity index (χ1v) is 12.0. The number of ether oxygens (including phenoxy) is 1. The molecule has 2 aliphatic rings. The second-order valence-corrected chi connectivity index (χ2v) is 9.82. The van der Waals surface area contributed by atoms with Crippen molar-refractivity contribution in [3.63, 3.8) is 0 Å². The fraction of sp³-hybridized carbons (Fsp3) is 0.273. The Kier molecular flexibility index (Phi) is 6.50. The Labute approximate surface area is 198 Å². The maximum atomic E-state index is 13.7. The number of Topliss-reactive ketones (excluding diaryl/α,β-unsaturated/α-hetero) is 1. The second-order valence-electron chi connectivity index (χ2n) is 7.29. The molecular weight excluding hydrogens is 470 g/mol. The third kappa shape index (κ3) is 4.00. The van der Waals surface area contributed by atoms with E-state index in [1.54, 1.807) is 45.3 Å². The number of esters is 1. The van der Waals surface area contributed by atoms with Crippen molar-refractivity contribution in [3.05, 3.63) is 61.3 Å². The first kappa shape index (κ1) is 22.7. The second kappa shape index (κ2) is 9.17. The van der Waals surface area contributed by atoms with Crippen molar-refractivity contribution in [3.8, 4) is 11.1 Å². The molecule has 4 rings (SSSR count). The molecule has 0 N–H and O–H groups in total. The van der Waals surface area contributed by atoms with Gasteiger partial charge in [-0.15, -0.1) is 0 Å². The van der Waals surface area contributed by atoms with Gasteiger partial charge < -0.3 is 9.64 Å². The number of ketones is 1. The standard InChI is InChI=1S/C22H20ClN3O4S2/c1-4-30-21(29)18-16(12-5-7-13(23)8-6-12)19-20(28)17(22-31-9-10-32-22)14(26(19)24-18)11-15(27)25(2)3/h5-10,14H,4,11H2,1-3H3. The van der Waals surface area contributed by atoms with Crippen LogP contribution in [-0.4, -0.2) is 53.0 Å². The van der Waals surface area contributed by atoms with Crippen LogP contribution in [0.2, 0.25) is 5.02 Å². The van der Waals surface area contributed by atoms with Gasteiger partial charge in [-0.2, -0.15) is 5.10 Å². The lowest BCUT2D eigenvalue weighted by molar-refractivity contribution is -0.129. The third-order valence-corrected chi connectivity index (χ3v) is 7.51. The van der Waals surface area contributed by atoms with Crippen LogP contribution in [-0.2, 0) is 9.53 Å². The van der Waals surface area contributed by atoms with Crippen LogP contribution in [0.4, 0.5) is 0 Å². The minimum absolute atomic E-state index is 0.0497. The smallest absolute Gasteiger partial charge is 0.359 e. The summed E-state index contributed by atoms with van der Waals surface area (Å²) in [5.74, 6) is -1.01. The lowest BCUT2D eigenvalue weighted by Crippen LogP contribution is -2.26. The number of rotatable bonds is 5. The highest BCUT2D eigenvalue weighted by molar-refractivity contribution is 8.27. The number of amides is 1. The van der Waals surface area contributed by atoms with Crippen molar-refractivity contribution >= 4 is 52.8 Å². The summed E-state index contributed by atoms with van der Waals surface area (Å²) < 4.78 is 7.54. The number of fused-ring (bicyclic) bond motifs is 1. The Morgan fingerprint density at radius 3 is 2.44 bits per heavy atom. The molecule has 3 heterocycles. The summed E-state index contributed by atoms with van der Waals surface area (Å²) in [7, 11) is 3.33. The van der Waals surface area contributed by atoms with Crippen molar-refractivity contribution in [1.29, 1.82) is 0 Å². The molecule has 0 aliphatic carbocycles. The zero-order chi connectivity index (χ0) is 23.0. The van der Waals surface area contributed by atoms with E-state index in [1.807, 2.05) is 10.8 Å². The molecule has 166 valence electrons. The molecule has 0 bridgehead atoms. The van der Waals surface area contributed by atoms with E-state index in [2.05, 4.69) is 5.10 Å². The van der Waals surface area contributed by atoms with E-state index in [0.717, 1.165) is 4.24 Å². The summed E-state index contributed by atoms with van der Waals surface area (Å²) >= 11 is 8.94. The topological polar surface area (TPSA) is 81.5 Å². The average molecular weight is 490 g/mol. The number of carbonyl (C=O) groups excluding carboxylic acids is 3. The SMILES string of the molecule is CCOC(=O)c1nn2c(c1-c1ccc(Cl)cc1)C(=O)C(=C1SC=CS1)C2CC(=O)N(C)C. The van der Waals surface area contributed by atoms with Gasteiger partial charge in [0.1, 0.15) is 5.69 Å². The Bertz CT molecular complexity index is 1160. The molecule has 0 saturated carbocycles. The molecule has 0 saturated heterocycles. The van der Waals surface area contributed by atoms with E-state index < -0.39 is 12.0 Å². The van der Waals surface area contributed by atoms with Crippen LogP contribution in [0.3, 0.4) is 0 Å². The van der Waals surface area contributed by atoms with Gasteiger partial charge in [0.25, 0.3) is 0 Å². The molecule has 2 aliphatic heterocycles. The van der Waals surface area contributed by atoms with Gasteiger partial charge in [0.05, 0.1) is 23.3 Å². The first-order valence-electron chi connectivity index (χ1n) is 9.86. The molecule has 1 aromatic heterocycles. The summed E-state index contributed by atoms with van der Waals surface area (Å²) in [6.45, 7) is 1.88. The molecule has 1 unspecified atom stereocenters. The van der Waals surface area contributed by atoms with Crippen molar-refractivity contribution in [2.24, 2.45) is 0 Å². The van der Waals surface area contributed by atoms with Crippen LogP contribution in [0, 0.1) is 0 Å². The number of halogens is 1. The van der Waals surface area contributed by atoms with Crippen molar-refractivity contribution in [1.82, 2.24) is 14.7 Å². The molecular formula is C22H20ClN3O4S2. The summed E-state index contributed by atoms with van der Waals surface area (Å²) in [6, 6.07) is 6.24. The summed E-state index contributed by atoms with van der Waals surface area (Å²) in [4.78, 5) is 40.6. The average Bonchev–Trinajstić information content (AvgIpc) is 3.46. The van der Waals surface area contributed by atoms with Crippen LogP contribution >= 0.6 is 35.1 Å². The number of hydrogen-bond donors (Lipinski definition) is 0. The van der Waals surface area contributed by atoms with Crippen LogP contribution in [0.1, 0.15) is 40.4 Å². The number of allylic oxidation sites excluding steroid dienone is 1. The highest BCUT2D eigenvalue weighted by Crippen LogP contribution is 2.49. The molecule has 0 spiro atoms. The molecule has 2 aromatic rings. The van der Waals surface area contributed by atoms with Gasteiger partial charge in [0.15, 0.2) is 5.69 Å². The van der Waals surface area contributed by atoms with Gasteiger partial charge in [0.2, 0.25) is 11.7 Å². The molecule has 1 aromatic carbocycles. The third-order valence-electron chi connectivity index (χ3n) is 5.09. The van der Waals surface area contributed by atoms with Crippen molar-refractivity contribution < 1.29 is 19.1 Å². The van der Waals surface area contributed by atoms with E-state index in [-0.39, 0.29) is 36.1 Å². The van der Waals surface area contributed by atoms with Gasteiger partial charge in [0, 0.05) is 30.3 Å². The molecule has 1 atom stereocenters. The maximum absolute atomic E-state index is 13.7. The summed E-state index contributed by atoms with van der Waals surface area (Å²) in [5, 5.41) is 8.85. The molecule has 7 nitrogen and oxygen atoms in total. The van der Waals surface area contributed by atoms with Gasteiger partial charge >= 0.3 is 5.97 Å². The monoisotopic (exact) mass is 489 g/mol.